The Hall–Kier alpha value is -1.81. The first-order valence-corrected chi connectivity index (χ1v) is 8.29. The van der Waals surface area contributed by atoms with Crippen molar-refractivity contribution in [3.8, 4) is 0 Å². The quantitative estimate of drug-likeness (QED) is 0.871. The van der Waals surface area contributed by atoms with Gasteiger partial charge in [-0.05, 0) is 55.5 Å². The van der Waals surface area contributed by atoms with Gasteiger partial charge >= 0.3 is 0 Å². The van der Waals surface area contributed by atoms with Crippen LogP contribution in [0, 0.1) is 0 Å². The Balaban J connectivity index is 1.90. The molecule has 0 saturated carbocycles. The summed E-state index contributed by atoms with van der Waals surface area (Å²) in [6.45, 7) is 2.80. The van der Waals surface area contributed by atoms with E-state index in [9.17, 15) is 4.79 Å². The van der Waals surface area contributed by atoms with E-state index < -0.39 is 0 Å². The number of benzene rings is 1. The Morgan fingerprint density at radius 3 is 2.90 bits per heavy atom. The van der Waals surface area contributed by atoms with Gasteiger partial charge in [-0.3, -0.25) is 4.79 Å². The van der Waals surface area contributed by atoms with Crippen LogP contribution in [0.5, 0.6) is 0 Å². The van der Waals surface area contributed by atoms with Crippen molar-refractivity contribution in [2.24, 2.45) is 0 Å². The van der Waals surface area contributed by atoms with E-state index in [4.69, 9.17) is 5.73 Å². The Kier molecular flexibility index (Phi) is 3.97. The first-order chi connectivity index (χ1) is 10.2. The van der Waals surface area contributed by atoms with Gasteiger partial charge in [-0.1, -0.05) is 13.0 Å². The molecule has 1 amide bonds. The molecule has 1 aromatic carbocycles. The van der Waals surface area contributed by atoms with Crippen LogP contribution in [0.25, 0.3) is 0 Å². The van der Waals surface area contributed by atoms with Gasteiger partial charge in [0.25, 0.3) is 5.91 Å². The number of nitrogens with zero attached hydrogens (tertiary/aromatic N) is 1. The average Bonchev–Trinajstić information content (AvgIpc) is 3.05. The Morgan fingerprint density at radius 2 is 2.19 bits per heavy atom. The third-order valence-corrected chi connectivity index (χ3v) is 5.06. The van der Waals surface area contributed by atoms with Crippen LogP contribution in [-0.4, -0.2) is 12.5 Å². The number of rotatable bonds is 4. The number of carbonyl (C=O) groups is 1. The molecule has 4 heteroatoms. The number of thiophene rings is 1. The molecular formula is C17H20N2OS. The number of hydrogen-bond donors (Lipinski definition) is 1. The second-order valence-electron chi connectivity index (χ2n) is 5.46. The number of carbonyl (C=O) groups excluding carboxylic acids is 1. The fourth-order valence-electron chi connectivity index (χ4n) is 2.83. The SMILES string of the molecule is CCCN(C(=O)c1cc2c(s1)CCC2)c1cccc(N)c1. The maximum atomic E-state index is 12.8. The van der Waals surface area contributed by atoms with Crippen molar-refractivity contribution in [1.29, 1.82) is 0 Å². The molecule has 0 bridgehead atoms. The molecule has 0 spiro atoms. The highest BCUT2D eigenvalue weighted by Crippen LogP contribution is 2.32. The zero-order valence-electron chi connectivity index (χ0n) is 12.3. The summed E-state index contributed by atoms with van der Waals surface area (Å²) in [6, 6.07) is 9.65. The largest absolute Gasteiger partial charge is 0.399 e. The summed E-state index contributed by atoms with van der Waals surface area (Å²) in [4.78, 5) is 16.9. The second kappa shape index (κ2) is 5.90. The number of nitrogens with two attached hydrogens (primary N) is 1. The summed E-state index contributed by atoms with van der Waals surface area (Å²) in [5, 5.41) is 0. The van der Waals surface area contributed by atoms with Gasteiger partial charge < -0.3 is 10.6 Å². The van der Waals surface area contributed by atoms with Crippen molar-refractivity contribution in [1.82, 2.24) is 0 Å². The van der Waals surface area contributed by atoms with Gasteiger partial charge in [0.15, 0.2) is 0 Å². The Morgan fingerprint density at radius 1 is 1.33 bits per heavy atom. The number of fused-ring (bicyclic) bond motifs is 1. The van der Waals surface area contributed by atoms with E-state index in [0.29, 0.717) is 12.2 Å². The molecule has 1 aromatic heterocycles. The smallest absolute Gasteiger partial charge is 0.268 e. The van der Waals surface area contributed by atoms with Crippen molar-refractivity contribution < 1.29 is 4.79 Å². The summed E-state index contributed by atoms with van der Waals surface area (Å²) in [5.74, 6) is 0.0989. The third-order valence-electron chi connectivity index (χ3n) is 3.83. The van der Waals surface area contributed by atoms with Crippen LogP contribution >= 0.6 is 11.3 Å². The van der Waals surface area contributed by atoms with Crippen LogP contribution in [0.2, 0.25) is 0 Å². The fourth-order valence-corrected chi connectivity index (χ4v) is 4.03. The van der Waals surface area contributed by atoms with E-state index >= 15 is 0 Å². The molecule has 2 N–H and O–H groups in total. The lowest BCUT2D eigenvalue weighted by Gasteiger charge is -2.22. The maximum Gasteiger partial charge on any atom is 0.268 e. The average molecular weight is 300 g/mol. The second-order valence-corrected chi connectivity index (χ2v) is 6.60. The van der Waals surface area contributed by atoms with Crippen LogP contribution in [0.4, 0.5) is 11.4 Å². The lowest BCUT2D eigenvalue weighted by molar-refractivity contribution is 0.0990. The van der Waals surface area contributed by atoms with E-state index in [1.807, 2.05) is 29.2 Å². The van der Waals surface area contributed by atoms with Gasteiger partial charge in [-0.2, -0.15) is 0 Å². The van der Waals surface area contributed by atoms with Crippen molar-refractivity contribution in [2.45, 2.75) is 32.6 Å². The minimum atomic E-state index is 0.0989. The molecule has 0 aliphatic heterocycles. The Bertz CT molecular complexity index is 641. The first-order valence-electron chi connectivity index (χ1n) is 7.48. The van der Waals surface area contributed by atoms with E-state index in [1.165, 1.54) is 16.9 Å². The number of hydrogen-bond acceptors (Lipinski definition) is 3. The summed E-state index contributed by atoms with van der Waals surface area (Å²) in [5.41, 5.74) is 8.80. The molecule has 0 atom stereocenters. The molecule has 0 radical (unpaired) electrons. The molecular weight excluding hydrogens is 280 g/mol. The minimum absolute atomic E-state index is 0.0989. The summed E-state index contributed by atoms with van der Waals surface area (Å²) in [7, 11) is 0. The van der Waals surface area contributed by atoms with Gasteiger partial charge in [0, 0.05) is 22.8 Å². The zero-order valence-corrected chi connectivity index (χ0v) is 13.1. The van der Waals surface area contributed by atoms with Crippen molar-refractivity contribution in [3.63, 3.8) is 0 Å². The summed E-state index contributed by atoms with van der Waals surface area (Å²) < 4.78 is 0. The van der Waals surface area contributed by atoms with Crippen LogP contribution in [0.15, 0.2) is 30.3 Å². The predicted molar refractivity (Wildman–Crippen MR) is 89.2 cm³/mol. The molecule has 1 heterocycles. The van der Waals surface area contributed by atoms with Gasteiger partial charge in [0.2, 0.25) is 0 Å². The topological polar surface area (TPSA) is 46.3 Å². The molecule has 0 fully saturated rings. The van der Waals surface area contributed by atoms with E-state index in [0.717, 1.165) is 29.8 Å². The first kappa shape index (κ1) is 14.1. The zero-order chi connectivity index (χ0) is 14.8. The highest BCUT2D eigenvalue weighted by Gasteiger charge is 2.23. The van der Waals surface area contributed by atoms with Crippen LogP contribution in [-0.2, 0) is 12.8 Å². The highest BCUT2D eigenvalue weighted by atomic mass is 32.1. The van der Waals surface area contributed by atoms with Gasteiger partial charge in [-0.25, -0.2) is 0 Å². The van der Waals surface area contributed by atoms with Gasteiger partial charge in [-0.15, -0.1) is 11.3 Å². The minimum Gasteiger partial charge on any atom is -0.399 e. The molecule has 110 valence electrons. The standard InChI is InChI=1S/C17H20N2OS/c1-2-9-19(14-7-4-6-13(18)11-14)17(20)16-10-12-5-3-8-15(12)21-16/h4,6-7,10-11H,2-3,5,8-9,18H2,1H3. The lowest BCUT2D eigenvalue weighted by atomic mass is 10.2. The Labute approximate surface area is 129 Å². The molecule has 3 rings (SSSR count). The van der Waals surface area contributed by atoms with E-state index in [1.54, 1.807) is 11.3 Å². The van der Waals surface area contributed by atoms with Gasteiger partial charge in [0.1, 0.15) is 0 Å². The fraction of sp³-hybridized carbons (Fsp3) is 0.353. The monoisotopic (exact) mass is 300 g/mol. The van der Waals surface area contributed by atoms with Crippen LogP contribution in [0.1, 0.15) is 39.9 Å². The van der Waals surface area contributed by atoms with Crippen molar-refractivity contribution in [3.05, 3.63) is 45.6 Å². The molecule has 3 nitrogen and oxygen atoms in total. The molecule has 0 saturated heterocycles. The number of amides is 1. The number of nitrogen functional groups attached to an aromatic ring is 1. The van der Waals surface area contributed by atoms with Crippen molar-refractivity contribution in [2.75, 3.05) is 17.2 Å². The molecule has 21 heavy (non-hydrogen) atoms. The maximum absolute atomic E-state index is 12.8. The van der Waals surface area contributed by atoms with Crippen molar-refractivity contribution >= 4 is 28.6 Å². The molecule has 1 aliphatic carbocycles. The third kappa shape index (κ3) is 2.81. The predicted octanol–water partition coefficient (Wildman–Crippen LogP) is 3.88. The molecule has 2 aromatic rings. The van der Waals surface area contributed by atoms with Crippen LogP contribution < -0.4 is 10.6 Å². The van der Waals surface area contributed by atoms with Gasteiger partial charge in [0.05, 0.1) is 4.88 Å². The number of aryl methyl sites for hydroxylation is 2. The summed E-state index contributed by atoms with van der Waals surface area (Å²) >= 11 is 1.66. The number of anilines is 2. The summed E-state index contributed by atoms with van der Waals surface area (Å²) in [6.07, 6.45) is 4.39. The van der Waals surface area contributed by atoms with E-state index in [-0.39, 0.29) is 5.91 Å². The lowest BCUT2D eigenvalue weighted by Crippen LogP contribution is -2.31. The highest BCUT2D eigenvalue weighted by molar-refractivity contribution is 7.14. The molecule has 1 aliphatic rings. The van der Waals surface area contributed by atoms with Crippen LogP contribution in [0.3, 0.4) is 0 Å². The molecule has 0 unspecified atom stereocenters. The van der Waals surface area contributed by atoms with E-state index in [2.05, 4.69) is 13.0 Å². The normalized spacial score (nSPS) is 13.2.